The quantitative estimate of drug-likeness (QED) is 0.713. The number of carbonyl (C=O) groups excluding carboxylic acids is 1. The topological polar surface area (TPSA) is 55.1 Å². The van der Waals surface area contributed by atoms with E-state index in [1.807, 2.05) is 48.5 Å². The second kappa shape index (κ2) is 5.64. The van der Waals surface area contributed by atoms with Crippen LogP contribution in [0.25, 0.3) is 0 Å². The summed E-state index contributed by atoms with van der Waals surface area (Å²) >= 11 is 0. The fraction of sp³-hybridized carbons (Fsp3) is 0.929. The maximum atomic E-state index is 12.1. The highest BCUT2D eigenvalue weighted by Gasteiger charge is 2.29. The molecule has 3 N–H and O–H groups in total. The third-order valence-electron chi connectivity index (χ3n) is 2.64. The van der Waals surface area contributed by atoms with Crippen molar-refractivity contribution < 1.29 is 4.79 Å². The van der Waals surface area contributed by atoms with Crippen LogP contribution in [0.2, 0.25) is 5.31 Å². The summed E-state index contributed by atoms with van der Waals surface area (Å²) in [6, 6.07) is 0. The van der Waals surface area contributed by atoms with Gasteiger partial charge >= 0.3 is 0 Å². The molecule has 0 aromatic rings. The van der Waals surface area contributed by atoms with Crippen molar-refractivity contribution in [2.75, 3.05) is 0 Å². The average Bonchev–Trinajstić information content (AvgIpc) is 1.93. The van der Waals surface area contributed by atoms with Gasteiger partial charge in [-0.05, 0) is 40.5 Å². The summed E-state index contributed by atoms with van der Waals surface area (Å²) in [5, 5.41) is 2.76. The van der Waals surface area contributed by atoms with E-state index in [4.69, 9.17) is 13.6 Å². The Balaban J connectivity index is 4.47. The van der Waals surface area contributed by atoms with Gasteiger partial charge < -0.3 is 11.1 Å². The Labute approximate surface area is 114 Å². The molecular weight excluding hydrogens is 223 g/mol. The van der Waals surface area contributed by atoms with Gasteiger partial charge in [-0.2, -0.15) is 0 Å². The Hall–Kier alpha value is -0.505. The molecule has 0 spiro atoms. The van der Waals surface area contributed by atoms with E-state index in [2.05, 4.69) is 5.32 Å². The zero-order valence-electron chi connectivity index (χ0n) is 13.1. The molecule has 0 aliphatic carbocycles. The van der Waals surface area contributed by atoms with Gasteiger partial charge in [0, 0.05) is 17.0 Å². The molecule has 0 rings (SSSR count). The molecule has 0 saturated heterocycles. The van der Waals surface area contributed by atoms with Gasteiger partial charge in [0.25, 0.3) is 0 Å². The monoisotopic (exact) mass is 252 g/mol. The summed E-state index contributed by atoms with van der Waals surface area (Å²) in [5.74, 6) is -0.0482. The van der Waals surface area contributed by atoms with E-state index >= 15 is 0 Å². The molecule has 104 valence electrons. The zero-order valence-corrected chi connectivity index (χ0v) is 13.1. The van der Waals surface area contributed by atoms with Gasteiger partial charge in [0.2, 0.25) is 5.91 Å². The maximum Gasteiger partial charge on any atom is 0.223 e. The van der Waals surface area contributed by atoms with E-state index in [0.29, 0.717) is 6.42 Å². The van der Waals surface area contributed by atoms with Gasteiger partial charge in [-0.3, -0.25) is 4.79 Å². The highest BCUT2D eigenvalue weighted by Crippen LogP contribution is 2.31. The molecule has 0 aromatic carbocycles. The summed E-state index contributed by atoms with van der Waals surface area (Å²) in [6.07, 6.45) is 1.39. The predicted molar refractivity (Wildman–Crippen MR) is 78.7 cm³/mol. The lowest BCUT2D eigenvalue weighted by molar-refractivity contribution is -0.126. The van der Waals surface area contributed by atoms with Crippen molar-refractivity contribution in [3.8, 4) is 0 Å². The summed E-state index contributed by atoms with van der Waals surface area (Å²) in [4.78, 5) is 12.1. The number of carbonyl (C=O) groups is 1. The van der Waals surface area contributed by atoms with Crippen LogP contribution < -0.4 is 11.1 Å². The Morgan fingerprint density at radius 2 is 1.67 bits per heavy atom. The zero-order chi connectivity index (χ0) is 14.8. The molecule has 0 aliphatic heterocycles. The van der Waals surface area contributed by atoms with Gasteiger partial charge in [-0.25, -0.2) is 0 Å². The number of nitrogens with one attached hydrogen (secondary N) is 1. The Morgan fingerprint density at radius 3 is 2.00 bits per heavy atom. The SMILES string of the molecule is [B]C(C)(C)CC(C)(C)NC(=O)C(C)CC(C)(C)N. The van der Waals surface area contributed by atoms with Crippen molar-refractivity contribution >= 4 is 13.8 Å². The minimum atomic E-state index is -0.325. The number of nitrogens with two attached hydrogens (primary N) is 1. The Morgan fingerprint density at radius 1 is 1.22 bits per heavy atom. The second-order valence-corrected chi connectivity index (χ2v) is 7.63. The lowest BCUT2D eigenvalue weighted by Crippen LogP contribution is -2.48. The third-order valence-corrected chi connectivity index (χ3v) is 2.64. The lowest BCUT2D eigenvalue weighted by Gasteiger charge is -2.35. The molecule has 3 nitrogen and oxygen atoms in total. The largest absolute Gasteiger partial charge is 0.351 e. The van der Waals surface area contributed by atoms with E-state index in [0.717, 1.165) is 6.42 Å². The van der Waals surface area contributed by atoms with Crippen molar-refractivity contribution in [3.63, 3.8) is 0 Å². The van der Waals surface area contributed by atoms with E-state index in [1.54, 1.807) is 0 Å². The fourth-order valence-electron chi connectivity index (χ4n) is 2.52. The van der Waals surface area contributed by atoms with Crippen LogP contribution in [-0.2, 0) is 4.79 Å². The first-order valence-electron chi connectivity index (χ1n) is 6.62. The maximum absolute atomic E-state index is 12.1. The summed E-state index contributed by atoms with van der Waals surface area (Å²) in [7, 11) is 6.00. The van der Waals surface area contributed by atoms with Crippen LogP contribution in [0.3, 0.4) is 0 Å². The molecule has 0 saturated carbocycles. The van der Waals surface area contributed by atoms with Gasteiger partial charge in [-0.1, -0.05) is 26.1 Å². The Bertz CT molecular complexity index is 287. The van der Waals surface area contributed by atoms with E-state index in [9.17, 15) is 4.79 Å². The first-order chi connectivity index (χ1) is 7.72. The number of hydrogen-bond acceptors (Lipinski definition) is 2. The van der Waals surface area contributed by atoms with Gasteiger partial charge in [0.15, 0.2) is 0 Å². The molecule has 0 bridgehead atoms. The predicted octanol–water partition coefficient (Wildman–Crippen LogP) is 2.40. The number of rotatable bonds is 6. The molecule has 1 unspecified atom stereocenters. The van der Waals surface area contributed by atoms with Crippen molar-refractivity contribution in [1.29, 1.82) is 0 Å². The van der Waals surface area contributed by atoms with Gasteiger partial charge in [-0.15, -0.1) is 0 Å². The summed E-state index contributed by atoms with van der Waals surface area (Å²) < 4.78 is 0. The minimum Gasteiger partial charge on any atom is -0.351 e. The first-order valence-corrected chi connectivity index (χ1v) is 6.62. The van der Waals surface area contributed by atoms with E-state index in [-0.39, 0.29) is 28.2 Å². The van der Waals surface area contributed by atoms with Crippen LogP contribution in [-0.4, -0.2) is 24.8 Å². The lowest BCUT2D eigenvalue weighted by atomic mass is 9.66. The van der Waals surface area contributed by atoms with Crippen molar-refractivity contribution in [2.24, 2.45) is 11.7 Å². The third kappa shape index (κ3) is 8.57. The van der Waals surface area contributed by atoms with Gasteiger partial charge in [0.05, 0.1) is 7.85 Å². The molecule has 4 heteroatoms. The van der Waals surface area contributed by atoms with E-state index in [1.165, 1.54) is 0 Å². The van der Waals surface area contributed by atoms with Crippen molar-refractivity contribution in [3.05, 3.63) is 0 Å². The molecule has 1 amide bonds. The molecule has 0 fully saturated rings. The summed E-state index contributed by atoms with van der Waals surface area (Å²) in [6.45, 7) is 13.7. The van der Waals surface area contributed by atoms with Gasteiger partial charge in [0.1, 0.15) is 0 Å². The average molecular weight is 252 g/mol. The van der Waals surface area contributed by atoms with Crippen LogP contribution >= 0.6 is 0 Å². The normalized spacial score (nSPS) is 15.3. The van der Waals surface area contributed by atoms with Crippen LogP contribution in [0.4, 0.5) is 0 Å². The van der Waals surface area contributed by atoms with Crippen LogP contribution in [0.5, 0.6) is 0 Å². The molecule has 1 atom stereocenters. The van der Waals surface area contributed by atoms with Crippen molar-refractivity contribution in [1.82, 2.24) is 5.32 Å². The van der Waals surface area contributed by atoms with Crippen LogP contribution in [0.15, 0.2) is 0 Å². The standard InChI is InChI=1S/C14H29BN2O/c1-10(8-13(4,5)16)11(18)17-14(6,7)9-12(2,3)15/h10H,8-9,16H2,1-7H3,(H,17,18). The first kappa shape index (κ1) is 17.5. The smallest absolute Gasteiger partial charge is 0.223 e. The molecule has 0 aromatic heterocycles. The number of hydrogen-bond donors (Lipinski definition) is 2. The molecular formula is C14H29BN2O. The van der Waals surface area contributed by atoms with Crippen LogP contribution in [0, 0.1) is 5.92 Å². The van der Waals surface area contributed by atoms with Crippen LogP contribution in [0.1, 0.15) is 61.3 Å². The highest BCUT2D eigenvalue weighted by atomic mass is 16.2. The molecule has 0 heterocycles. The molecule has 2 radical (unpaired) electrons. The Kier molecular flexibility index (Phi) is 5.48. The highest BCUT2D eigenvalue weighted by molar-refractivity contribution is 6.14. The second-order valence-electron chi connectivity index (χ2n) is 7.63. The fourth-order valence-corrected chi connectivity index (χ4v) is 2.52. The minimum absolute atomic E-state index is 0.0442. The van der Waals surface area contributed by atoms with E-state index < -0.39 is 0 Å². The molecule has 0 aliphatic rings. The summed E-state index contributed by atoms with van der Waals surface area (Å²) in [5.41, 5.74) is 5.31. The van der Waals surface area contributed by atoms with Crippen molar-refractivity contribution in [2.45, 2.75) is 77.7 Å². The molecule has 18 heavy (non-hydrogen) atoms. The number of amides is 1.